The van der Waals surface area contributed by atoms with Crippen molar-refractivity contribution in [2.45, 2.75) is 52.7 Å². The molecule has 0 unspecified atom stereocenters. The van der Waals surface area contributed by atoms with Gasteiger partial charge in [0.05, 0.1) is 12.2 Å². The van der Waals surface area contributed by atoms with Gasteiger partial charge in [0.15, 0.2) is 0 Å². The van der Waals surface area contributed by atoms with Crippen LogP contribution in [0.15, 0.2) is 24.3 Å². The van der Waals surface area contributed by atoms with E-state index in [1.807, 2.05) is 20.8 Å². The van der Waals surface area contributed by atoms with E-state index in [1.54, 1.807) is 45.0 Å². The summed E-state index contributed by atoms with van der Waals surface area (Å²) in [7, 11) is 0. The number of ether oxygens (including phenoxy) is 2. The zero-order valence-electron chi connectivity index (χ0n) is 14.1. The number of hydrogen-bond acceptors (Lipinski definition) is 5. The van der Waals surface area contributed by atoms with Gasteiger partial charge in [0, 0.05) is 5.69 Å². The number of carbonyl (C=O) groups is 2. The fourth-order valence-corrected chi connectivity index (χ4v) is 1.78. The molecule has 1 N–H and O–H groups in total. The van der Waals surface area contributed by atoms with Crippen LogP contribution in [0.2, 0.25) is 0 Å². The predicted molar refractivity (Wildman–Crippen MR) is 85.9 cm³/mol. The van der Waals surface area contributed by atoms with Gasteiger partial charge in [0.25, 0.3) is 0 Å². The third kappa shape index (κ3) is 5.39. The van der Waals surface area contributed by atoms with Crippen LogP contribution < -0.4 is 5.32 Å². The summed E-state index contributed by atoms with van der Waals surface area (Å²) in [5.41, 5.74) is -0.353. The second-order valence-corrected chi connectivity index (χ2v) is 6.55. The number of rotatable bonds is 5. The predicted octanol–water partition coefficient (Wildman–Crippen LogP) is 3.40. The fourth-order valence-electron chi connectivity index (χ4n) is 1.78. The second kappa shape index (κ2) is 6.81. The minimum Gasteiger partial charge on any atom is -0.464 e. The Balaban J connectivity index is 2.88. The molecule has 0 aromatic heterocycles. The summed E-state index contributed by atoms with van der Waals surface area (Å²) < 4.78 is 10.4. The Morgan fingerprint density at radius 3 is 2.32 bits per heavy atom. The molecular formula is C17H25NO4. The van der Waals surface area contributed by atoms with E-state index in [-0.39, 0.29) is 5.97 Å². The van der Waals surface area contributed by atoms with Crippen molar-refractivity contribution in [3.8, 4) is 0 Å². The van der Waals surface area contributed by atoms with Gasteiger partial charge >= 0.3 is 11.9 Å². The summed E-state index contributed by atoms with van der Waals surface area (Å²) in [5.74, 6) is -0.747. The lowest BCUT2D eigenvalue weighted by Gasteiger charge is -2.25. The summed E-state index contributed by atoms with van der Waals surface area (Å²) >= 11 is 0. The number of nitrogens with one attached hydrogen (secondary N) is 1. The minimum absolute atomic E-state index is 0.321. The Hall–Kier alpha value is -2.04. The van der Waals surface area contributed by atoms with Gasteiger partial charge in [-0.3, -0.25) is 0 Å². The van der Waals surface area contributed by atoms with Gasteiger partial charge in [-0.15, -0.1) is 0 Å². The lowest BCUT2D eigenvalue weighted by Crippen LogP contribution is -2.41. The van der Waals surface area contributed by atoms with Crippen molar-refractivity contribution in [1.29, 1.82) is 0 Å². The molecular weight excluding hydrogens is 282 g/mol. The van der Waals surface area contributed by atoms with Gasteiger partial charge in [-0.05, 0) is 59.7 Å². The molecule has 0 saturated heterocycles. The number of hydrogen-bond donors (Lipinski definition) is 1. The van der Waals surface area contributed by atoms with Crippen LogP contribution in [0, 0.1) is 0 Å². The van der Waals surface area contributed by atoms with Crippen LogP contribution in [0.25, 0.3) is 0 Å². The van der Waals surface area contributed by atoms with E-state index in [0.29, 0.717) is 17.9 Å². The molecule has 0 heterocycles. The van der Waals surface area contributed by atoms with Crippen molar-refractivity contribution in [2.75, 3.05) is 11.9 Å². The Bertz CT molecular complexity index is 544. The molecule has 0 aliphatic carbocycles. The maximum atomic E-state index is 12.1. The number of esters is 2. The van der Waals surface area contributed by atoms with Crippen molar-refractivity contribution < 1.29 is 19.1 Å². The SMILES string of the molecule is CCOC(=O)C(C)(C)Nc1cccc(C(=O)OC(C)(C)C)c1. The zero-order valence-corrected chi connectivity index (χ0v) is 14.1. The van der Waals surface area contributed by atoms with Crippen LogP contribution in [0.1, 0.15) is 51.9 Å². The summed E-state index contributed by atoms with van der Waals surface area (Å²) in [5, 5.41) is 3.08. The smallest absolute Gasteiger partial charge is 0.338 e. The van der Waals surface area contributed by atoms with E-state index >= 15 is 0 Å². The van der Waals surface area contributed by atoms with Crippen LogP contribution in [0.3, 0.4) is 0 Å². The first-order valence-corrected chi connectivity index (χ1v) is 7.34. The van der Waals surface area contributed by atoms with Crippen LogP contribution in [-0.2, 0) is 14.3 Å². The van der Waals surface area contributed by atoms with Crippen molar-refractivity contribution in [3.05, 3.63) is 29.8 Å². The Morgan fingerprint density at radius 2 is 1.77 bits per heavy atom. The first kappa shape index (κ1) is 18.0. The highest BCUT2D eigenvalue weighted by Gasteiger charge is 2.29. The highest BCUT2D eigenvalue weighted by molar-refractivity contribution is 5.91. The number of carbonyl (C=O) groups excluding carboxylic acids is 2. The highest BCUT2D eigenvalue weighted by Crippen LogP contribution is 2.20. The van der Waals surface area contributed by atoms with E-state index in [2.05, 4.69) is 5.32 Å². The van der Waals surface area contributed by atoms with Gasteiger partial charge in [-0.1, -0.05) is 6.07 Å². The third-order valence-corrected chi connectivity index (χ3v) is 2.74. The highest BCUT2D eigenvalue weighted by atomic mass is 16.6. The van der Waals surface area contributed by atoms with Crippen molar-refractivity contribution >= 4 is 17.6 Å². The Labute approximate surface area is 132 Å². The monoisotopic (exact) mass is 307 g/mol. The molecule has 1 rings (SSSR count). The minimum atomic E-state index is -0.886. The molecule has 5 nitrogen and oxygen atoms in total. The molecule has 0 radical (unpaired) electrons. The standard InChI is InChI=1S/C17H25NO4/c1-7-21-15(20)17(5,6)18-13-10-8-9-12(11-13)14(19)22-16(2,3)4/h8-11,18H,7H2,1-6H3. The van der Waals surface area contributed by atoms with Gasteiger partial charge < -0.3 is 14.8 Å². The summed E-state index contributed by atoms with van der Waals surface area (Å²) in [6, 6.07) is 6.86. The normalized spacial score (nSPS) is 11.7. The van der Waals surface area contributed by atoms with Crippen molar-refractivity contribution in [2.24, 2.45) is 0 Å². The molecule has 0 amide bonds. The van der Waals surface area contributed by atoms with E-state index in [1.165, 1.54) is 0 Å². The Morgan fingerprint density at radius 1 is 1.14 bits per heavy atom. The number of anilines is 1. The fraction of sp³-hybridized carbons (Fsp3) is 0.529. The zero-order chi connectivity index (χ0) is 17.0. The summed E-state index contributed by atoms with van der Waals surface area (Å²) in [6.45, 7) is 11.0. The van der Waals surface area contributed by atoms with E-state index < -0.39 is 17.1 Å². The van der Waals surface area contributed by atoms with Crippen molar-refractivity contribution in [3.63, 3.8) is 0 Å². The molecule has 0 aliphatic heterocycles. The quantitative estimate of drug-likeness (QED) is 0.845. The maximum Gasteiger partial charge on any atom is 0.338 e. The summed E-state index contributed by atoms with van der Waals surface area (Å²) in [4.78, 5) is 24.0. The second-order valence-electron chi connectivity index (χ2n) is 6.55. The van der Waals surface area contributed by atoms with Crippen LogP contribution in [0.4, 0.5) is 5.69 Å². The molecule has 1 aromatic rings. The van der Waals surface area contributed by atoms with Crippen LogP contribution in [0.5, 0.6) is 0 Å². The lowest BCUT2D eigenvalue weighted by atomic mass is 10.0. The molecule has 0 fully saturated rings. The Kier molecular flexibility index (Phi) is 5.58. The van der Waals surface area contributed by atoms with Gasteiger partial charge in [-0.25, -0.2) is 9.59 Å². The largest absolute Gasteiger partial charge is 0.464 e. The third-order valence-electron chi connectivity index (χ3n) is 2.74. The average Bonchev–Trinajstić information content (AvgIpc) is 2.36. The van der Waals surface area contributed by atoms with Crippen molar-refractivity contribution in [1.82, 2.24) is 0 Å². The lowest BCUT2D eigenvalue weighted by molar-refractivity contribution is -0.147. The molecule has 22 heavy (non-hydrogen) atoms. The number of benzene rings is 1. The molecule has 0 atom stereocenters. The topological polar surface area (TPSA) is 64.6 Å². The average molecular weight is 307 g/mol. The van der Waals surface area contributed by atoms with Gasteiger partial charge in [0.1, 0.15) is 11.1 Å². The molecule has 0 spiro atoms. The molecule has 1 aromatic carbocycles. The molecule has 5 heteroatoms. The van der Waals surface area contributed by atoms with Gasteiger partial charge in [-0.2, -0.15) is 0 Å². The van der Waals surface area contributed by atoms with Gasteiger partial charge in [0.2, 0.25) is 0 Å². The van der Waals surface area contributed by atoms with Crippen LogP contribution in [-0.4, -0.2) is 29.7 Å². The molecule has 122 valence electrons. The van der Waals surface area contributed by atoms with E-state index in [4.69, 9.17) is 9.47 Å². The van der Waals surface area contributed by atoms with E-state index in [9.17, 15) is 9.59 Å². The first-order chi connectivity index (χ1) is 10.0. The van der Waals surface area contributed by atoms with Crippen LogP contribution >= 0.6 is 0 Å². The summed E-state index contributed by atoms with van der Waals surface area (Å²) in [6.07, 6.45) is 0. The molecule has 0 bridgehead atoms. The first-order valence-electron chi connectivity index (χ1n) is 7.34. The molecule has 0 aliphatic rings. The maximum absolute atomic E-state index is 12.1. The molecule has 0 saturated carbocycles. The van der Waals surface area contributed by atoms with E-state index in [0.717, 1.165) is 0 Å².